The Bertz CT molecular complexity index is 1050. The van der Waals surface area contributed by atoms with Crippen molar-refractivity contribution in [1.29, 1.82) is 0 Å². The summed E-state index contributed by atoms with van der Waals surface area (Å²) < 4.78 is 31.4. The summed E-state index contributed by atoms with van der Waals surface area (Å²) >= 11 is 0. The van der Waals surface area contributed by atoms with Crippen LogP contribution in [0, 0.1) is 11.7 Å². The quantitative estimate of drug-likeness (QED) is 0.265. The van der Waals surface area contributed by atoms with Gasteiger partial charge in [0.1, 0.15) is 30.8 Å². The van der Waals surface area contributed by atoms with Crippen LogP contribution in [0.3, 0.4) is 0 Å². The third kappa shape index (κ3) is 9.38. The zero-order valence-electron chi connectivity index (χ0n) is 21.4. The molecule has 2 N–H and O–H groups in total. The molecule has 1 atom stereocenters. The number of rotatable bonds is 14. The van der Waals surface area contributed by atoms with E-state index in [9.17, 15) is 9.50 Å². The van der Waals surface area contributed by atoms with Crippen molar-refractivity contribution < 1.29 is 23.7 Å². The van der Waals surface area contributed by atoms with Crippen LogP contribution < -0.4 is 19.5 Å². The van der Waals surface area contributed by atoms with Gasteiger partial charge in [0.05, 0.1) is 6.61 Å². The molecule has 1 aliphatic rings. The van der Waals surface area contributed by atoms with Crippen molar-refractivity contribution in [2.45, 2.75) is 51.2 Å². The van der Waals surface area contributed by atoms with Gasteiger partial charge in [-0.15, -0.1) is 0 Å². The van der Waals surface area contributed by atoms with Crippen LogP contribution in [-0.4, -0.2) is 37.5 Å². The number of aliphatic hydroxyl groups is 1. The van der Waals surface area contributed by atoms with Crippen LogP contribution in [0.4, 0.5) is 4.39 Å². The first-order valence-electron chi connectivity index (χ1n) is 13.4. The third-order valence-corrected chi connectivity index (χ3v) is 6.69. The van der Waals surface area contributed by atoms with Crippen molar-refractivity contribution in [1.82, 2.24) is 5.32 Å². The molecule has 0 aliphatic heterocycles. The van der Waals surface area contributed by atoms with E-state index in [0.29, 0.717) is 24.8 Å². The third-order valence-electron chi connectivity index (χ3n) is 6.69. The molecular weight excluding hydrogens is 469 g/mol. The summed E-state index contributed by atoms with van der Waals surface area (Å²) in [5.74, 6) is 1.66. The van der Waals surface area contributed by atoms with Crippen LogP contribution in [0.15, 0.2) is 72.8 Å². The van der Waals surface area contributed by atoms with E-state index in [1.54, 1.807) is 12.1 Å². The summed E-state index contributed by atoms with van der Waals surface area (Å²) in [7, 11) is 0. The number of halogens is 1. The molecule has 0 aromatic heterocycles. The van der Waals surface area contributed by atoms with Crippen LogP contribution in [0.25, 0.3) is 0 Å². The molecule has 37 heavy (non-hydrogen) atoms. The Morgan fingerprint density at radius 2 is 1.59 bits per heavy atom. The van der Waals surface area contributed by atoms with E-state index < -0.39 is 11.9 Å². The fourth-order valence-electron chi connectivity index (χ4n) is 4.50. The molecule has 0 amide bonds. The largest absolute Gasteiger partial charge is 0.493 e. The number of aliphatic hydroxyl groups excluding tert-OH is 1. The smallest absolute Gasteiger partial charge is 0.168 e. The van der Waals surface area contributed by atoms with Gasteiger partial charge in [-0.05, 0) is 67.1 Å². The van der Waals surface area contributed by atoms with Gasteiger partial charge in [-0.1, -0.05) is 61.7 Å². The molecule has 0 radical (unpaired) electrons. The Labute approximate surface area is 219 Å². The molecule has 1 saturated carbocycles. The normalized spacial score (nSPS) is 14.8. The molecule has 0 spiro atoms. The number of hydrogen-bond acceptors (Lipinski definition) is 5. The van der Waals surface area contributed by atoms with Gasteiger partial charge in [-0.3, -0.25) is 0 Å². The van der Waals surface area contributed by atoms with Gasteiger partial charge in [-0.2, -0.15) is 0 Å². The van der Waals surface area contributed by atoms with E-state index in [4.69, 9.17) is 14.2 Å². The number of benzene rings is 3. The SMILES string of the molecule is O[C@@H](CNCCc1ccc(OCC2CCCCC2)cc1)COc1ccc(OCc2ccccc2)c(F)c1. The molecule has 1 aliphatic carbocycles. The summed E-state index contributed by atoms with van der Waals surface area (Å²) in [4.78, 5) is 0. The first-order valence-corrected chi connectivity index (χ1v) is 13.4. The molecule has 3 aromatic carbocycles. The molecular formula is C31H38FNO4. The summed E-state index contributed by atoms with van der Waals surface area (Å²) in [6.45, 7) is 2.31. The van der Waals surface area contributed by atoms with Crippen LogP contribution >= 0.6 is 0 Å². The zero-order valence-corrected chi connectivity index (χ0v) is 21.4. The number of ether oxygens (including phenoxy) is 3. The fraction of sp³-hybridized carbons (Fsp3) is 0.419. The molecule has 0 heterocycles. The maximum Gasteiger partial charge on any atom is 0.168 e. The summed E-state index contributed by atoms with van der Waals surface area (Å²) in [6.07, 6.45) is 6.75. The molecule has 0 bridgehead atoms. The monoisotopic (exact) mass is 507 g/mol. The Morgan fingerprint density at radius 3 is 2.35 bits per heavy atom. The highest BCUT2D eigenvalue weighted by Crippen LogP contribution is 2.25. The summed E-state index contributed by atoms with van der Waals surface area (Å²) in [6, 6.07) is 22.3. The predicted molar refractivity (Wildman–Crippen MR) is 144 cm³/mol. The molecule has 5 nitrogen and oxygen atoms in total. The van der Waals surface area contributed by atoms with Crippen LogP contribution in [0.5, 0.6) is 17.2 Å². The van der Waals surface area contributed by atoms with Crippen LogP contribution in [-0.2, 0) is 13.0 Å². The average Bonchev–Trinajstić information content (AvgIpc) is 2.94. The van der Waals surface area contributed by atoms with Gasteiger partial charge in [0.2, 0.25) is 0 Å². The van der Waals surface area contributed by atoms with Crippen molar-refractivity contribution in [3.8, 4) is 17.2 Å². The van der Waals surface area contributed by atoms with Gasteiger partial charge >= 0.3 is 0 Å². The first-order chi connectivity index (χ1) is 18.2. The lowest BCUT2D eigenvalue weighted by atomic mass is 9.90. The lowest BCUT2D eigenvalue weighted by Crippen LogP contribution is -2.32. The van der Waals surface area contributed by atoms with Crippen molar-refractivity contribution >= 4 is 0 Å². The van der Waals surface area contributed by atoms with Gasteiger partial charge in [0.25, 0.3) is 0 Å². The molecule has 4 rings (SSSR count). The Balaban J connectivity index is 1.09. The second-order valence-corrected chi connectivity index (χ2v) is 9.74. The maximum absolute atomic E-state index is 14.4. The van der Waals surface area contributed by atoms with Crippen molar-refractivity contribution in [2.24, 2.45) is 5.92 Å². The second-order valence-electron chi connectivity index (χ2n) is 9.74. The number of hydrogen-bond donors (Lipinski definition) is 2. The number of nitrogens with one attached hydrogen (secondary N) is 1. The van der Waals surface area contributed by atoms with Gasteiger partial charge in [-0.25, -0.2) is 4.39 Å². The minimum atomic E-state index is -0.701. The van der Waals surface area contributed by atoms with E-state index in [2.05, 4.69) is 17.4 Å². The van der Waals surface area contributed by atoms with Gasteiger partial charge in [0, 0.05) is 12.6 Å². The average molecular weight is 508 g/mol. The molecule has 0 unspecified atom stereocenters. The maximum atomic E-state index is 14.4. The molecule has 6 heteroatoms. The minimum absolute atomic E-state index is 0.0731. The highest BCUT2D eigenvalue weighted by Gasteiger charge is 2.14. The summed E-state index contributed by atoms with van der Waals surface area (Å²) in [5.41, 5.74) is 2.18. The van der Waals surface area contributed by atoms with E-state index in [-0.39, 0.29) is 12.4 Å². The van der Waals surface area contributed by atoms with Gasteiger partial charge in [0.15, 0.2) is 11.6 Å². The highest BCUT2D eigenvalue weighted by atomic mass is 19.1. The molecule has 198 valence electrons. The second kappa shape index (κ2) is 14.6. The van der Waals surface area contributed by atoms with E-state index in [0.717, 1.165) is 30.9 Å². The van der Waals surface area contributed by atoms with Crippen LogP contribution in [0.1, 0.15) is 43.2 Å². The predicted octanol–water partition coefficient (Wildman–Crippen LogP) is 5.94. The highest BCUT2D eigenvalue weighted by molar-refractivity contribution is 5.33. The topological polar surface area (TPSA) is 60.0 Å². The molecule has 0 saturated heterocycles. The summed E-state index contributed by atoms with van der Waals surface area (Å²) in [5, 5.41) is 13.5. The lowest BCUT2D eigenvalue weighted by Gasteiger charge is -2.21. The van der Waals surface area contributed by atoms with E-state index in [1.807, 2.05) is 42.5 Å². The fourth-order valence-corrected chi connectivity index (χ4v) is 4.50. The lowest BCUT2D eigenvalue weighted by molar-refractivity contribution is 0.106. The van der Waals surface area contributed by atoms with Crippen LogP contribution in [0.2, 0.25) is 0 Å². The zero-order chi connectivity index (χ0) is 25.7. The first kappa shape index (κ1) is 27.0. The Hall–Kier alpha value is -3.09. The molecule has 1 fully saturated rings. The van der Waals surface area contributed by atoms with Crippen molar-refractivity contribution in [3.05, 3.63) is 89.7 Å². The van der Waals surface area contributed by atoms with Crippen molar-refractivity contribution in [2.75, 3.05) is 26.3 Å². The van der Waals surface area contributed by atoms with E-state index >= 15 is 0 Å². The van der Waals surface area contributed by atoms with Crippen molar-refractivity contribution in [3.63, 3.8) is 0 Å². The van der Waals surface area contributed by atoms with Gasteiger partial charge < -0.3 is 24.6 Å². The standard InChI is InChI=1S/C31H38FNO4/c32-30-19-29(15-16-31(30)37-22-26-9-5-2-6-10-26)36-23-27(34)20-33-18-17-24-11-13-28(14-12-24)35-21-25-7-3-1-4-8-25/h2,5-6,9-16,19,25,27,33-34H,1,3-4,7-8,17-18,20-23H2/t27-/m0/s1. The minimum Gasteiger partial charge on any atom is -0.493 e. The molecule has 3 aromatic rings. The Morgan fingerprint density at radius 1 is 0.838 bits per heavy atom. The Kier molecular flexibility index (Phi) is 10.6. The van der Waals surface area contributed by atoms with E-state index in [1.165, 1.54) is 43.7 Å².